The van der Waals surface area contributed by atoms with Gasteiger partial charge < -0.3 is 10.2 Å². The molecule has 2 N–H and O–H groups in total. The van der Waals surface area contributed by atoms with E-state index in [0.717, 1.165) is 0 Å². The number of aliphatic carboxylic acids is 2. The van der Waals surface area contributed by atoms with Gasteiger partial charge in [0.25, 0.3) is 0 Å². The Hall–Kier alpha value is -1.58. The van der Waals surface area contributed by atoms with Crippen LogP contribution < -0.4 is 0 Å². The Balaban J connectivity index is 2.12. The standard InChI is InChI=1S/C10H10O4/c11-9(12)7-1-5-2-8(10(13)14)4-6(5)3-7/h1,4-6H,2-3H2,(H,11,12)(H,13,14). The van der Waals surface area contributed by atoms with Crippen molar-refractivity contribution in [1.82, 2.24) is 0 Å². The number of hydrogen-bond acceptors (Lipinski definition) is 2. The molecule has 0 saturated carbocycles. The number of carbonyl (C=O) groups is 2. The van der Waals surface area contributed by atoms with Crippen LogP contribution in [0.3, 0.4) is 0 Å². The van der Waals surface area contributed by atoms with E-state index in [1.807, 2.05) is 0 Å². The SMILES string of the molecule is O=C(O)C1=CC2CC(C(=O)O)=CC2C1. The molecule has 2 rings (SSSR count). The third-order valence-corrected chi connectivity index (χ3v) is 2.84. The number of rotatable bonds is 2. The Kier molecular flexibility index (Phi) is 1.91. The highest BCUT2D eigenvalue weighted by atomic mass is 16.4. The highest BCUT2D eigenvalue weighted by Gasteiger charge is 2.35. The van der Waals surface area contributed by atoms with Gasteiger partial charge in [0.05, 0.1) is 0 Å². The molecule has 0 aromatic rings. The molecular weight excluding hydrogens is 184 g/mol. The van der Waals surface area contributed by atoms with E-state index in [4.69, 9.17) is 10.2 Å². The van der Waals surface area contributed by atoms with Gasteiger partial charge in [-0.15, -0.1) is 0 Å². The quantitative estimate of drug-likeness (QED) is 0.688. The number of fused-ring (bicyclic) bond motifs is 1. The second-order valence-electron chi connectivity index (χ2n) is 3.73. The maximum absolute atomic E-state index is 10.6. The van der Waals surface area contributed by atoms with Crippen LogP contribution in [0, 0.1) is 11.8 Å². The van der Waals surface area contributed by atoms with Crippen LogP contribution in [0.1, 0.15) is 12.8 Å². The van der Waals surface area contributed by atoms with Crippen LogP contribution in [0.15, 0.2) is 23.3 Å². The van der Waals surface area contributed by atoms with Crippen molar-refractivity contribution in [2.45, 2.75) is 12.8 Å². The molecule has 4 heteroatoms. The summed E-state index contributed by atoms with van der Waals surface area (Å²) in [6.45, 7) is 0. The first kappa shape index (κ1) is 8.99. The molecule has 0 aromatic carbocycles. The molecule has 2 aliphatic rings. The maximum Gasteiger partial charge on any atom is 0.331 e. The van der Waals surface area contributed by atoms with Crippen LogP contribution in [0.25, 0.3) is 0 Å². The fourth-order valence-corrected chi connectivity index (χ4v) is 2.15. The molecule has 2 atom stereocenters. The Morgan fingerprint density at radius 2 is 1.36 bits per heavy atom. The Morgan fingerprint density at radius 3 is 1.64 bits per heavy atom. The molecule has 0 saturated heterocycles. The van der Waals surface area contributed by atoms with E-state index in [1.54, 1.807) is 12.2 Å². The largest absolute Gasteiger partial charge is 0.478 e. The first-order valence-electron chi connectivity index (χ1n) is 4.46. The van der Waals surface area contributed by atoms with Crippen molar-refractivity contribution in [1.29, 1.82) is 0 Å². The van der Waals surface area contributed by atoms with Gasteiger partial charge in [0.15, 0.2) is 0 Å². The van der Waals surface area contributed by atoms with E-state index >= 15 is 0 Å². The monoisotopic (exact) mass is 194 g/mol. The van der Waals surface area contributed by atoms with Crippen molar-refractivity contribution < 1.29 is 19.8 Å². The first-order valence-corrected chi connectivity index (χ1v) is 4.46. The molecule has 0 bridgehead atoms. The van der Waals surface area contributed by atoms with Crippen molar-refractivity contribution >= 4 is 11.9 Å². The lowest BCUT2D eigenvalue weighted by atomic mass is 9.99. The number of carboxylic acids is 2. The van der Waals surface area contributed by atoms with E-state index in [0.29, 0.717) is 24.0 Å². The summed E-state index contributed by atoms with van der Waals surface area (Å²) in [4.78, 5) is 21.3. The molecule has 4 nitrogen and oxygen atoms in total. The molecule has 0 aromatic heterocycles. The number of allylic oxidation sites excluding steroid dienone is 2. The molecule has 14 heavy (non-hydrogen) atoms. The van der Waals surface area contributed by atoms with Crippen molar-refractivity contribution in [2.75, 3.05) is 0 Å². The van der Waals surface area contributed by atoms with Gasteiger partial charge in [-0.05, 0) is 24.7 Å². The highest BCUT2D eigenvalue weighted by Crippen LogP contribution is 2.41. The van der Waals surface area contributed by atoms with Crippen LogP contribution in [0.5, 0.6) is 0 Å². The summed E-state index contributed by atoms with van der Waals surface area (Å²) in [5.74, 6) is -1.59. The predicted octanol–water partition coefficient (Wildman–Crippen LogP) is 1.05. The average molecular weight is 194 g/mol. The fourth-order valence-electron chi connectivity index (χ4n) is 2.15. The lowest BCUT2D eigenvalue weighted by molar-refractivity contribution is -0.133. The van der Waals surface area contributed by atoms with Crippen LogP contribution >= 0.6 is 0 Å². The molecular formula is C10H10O4. The topological polar surface area (TPSA) is 74.6 Å². The predicted molar refractivity (Wildman–Crippen MR) is 47.7 cm³/mol. The molecule has 0 spiro atoms. The minimum absolute atomic E-state index is 0.0900. The normalized spacial score (nSPS) is 29.4. The minimum atomic E-state index is -0.885. The van der Waals surface area contributed by atoms with Gasteiger partial charge >= 0.3 is 11.9 Å². The van der Waals surface area contributed by atoms with Gasteiger partial charge in [0, 0.05) is 11.1 Å². The van der Waals surface area contributed by atoms with E-state index in [1.165, 1.54) is 0 Å². The van der Waals surface area contributed by atoms with Gasteiger partial charge in [-0.1, -0.05) is 12.2 Å². The second-order valence-corrected chi connectivity index (χ2v) is 3.73. The molecule has 2 unspecified atom stereocenters. The van der Waals surface area contributed by atoms with Crippen molar-refractivity contribution in [3.05, 3.63) is 23.3 Å². The summed E-state index contributed by atoms with van der Waals surface area (Å²) >= 11 is 0. The van der Waals surface area contributed by atoms with Crippen LogP contribution in [-0.2, 0) is 9.59 Å². The first-order chi connectivity index (χ1) is 6.58. The Morgan fingerprint density at radius 1 is 1.00 bits per heavy atom. The Labute approximate surface area is 80.5 Å². The second kappa shape index (κ2) is 2.97. The van der Waals surface area contributed by atoms with Crippen molar-refractivity contribution in [3.8, 4) is 0 Å². The third-order valence-electron chi connectivity index (χ3n) is 2.84. The van der Waals surface area contributed by atoms with E-state index in [9.17, 15) is 9.59 Å². The highest BCUT2D eigenvalue weighted by molar-refractivity contribution is 5.89. The molecule has 0 aliphatic heterocycles. The summed E-state index contributed by atoms with van der Waals surface area (Å²) in [6.07, 6.45) is 4.33. The number of hydrogen-bond donors (Lipinski definition) is 2. The van der Waals surface area contributed by atoms with E-state index in [-0.39, 0.29) is 11.8 Å². The summed E-state index contributed by atoms with van der Waals surface area (Å²) in [6, 6.07) is 0. The fraction of sp³-hybridized carbons (Fsp3) is 0.400. The van der Waals surface area contributed by atoms with E-state index in [2.05, 4.69) is 0 Å². The third kappa shape index (κ3) is 1.32. The van der Waals surface area contributed by atoms with E-state index < -0.39 is 11.9 Å². The zero-order valence-corrected chi connectivity index (χ0v) is 7.43. The maximum atomic E-state index is 10.6. The zero-order chi connectivity index (χ0) is 10.3. The molecule has 0 fully saturated rings. The van der Waals surface area contributed by atoms with Gasteiger partial charge in [-0.25, -0.2) is 9.59 Å². The van der Waals surface area contributed by atoms with Gasteiger partial charge in [-0.3, -0.25) is 0 Å². The van der Waals surface area contributed by atoms with Crippen LogP contribution in [0.2, 0.25) is 0 Å². The zero-order valence-electron chi connectivity index (χ0n) is 7.43. The molecule has 2 aliphatic carbocycles. The lowest BCUT2D eigenvalue weighted by Gasteiger charge is -2.04. The summed E-state index contributed by atoms with van der Waals surface area (Å²) in [7, 11) is 0. The smallest absolute Gasteiger partial charge is 0.331 e. The lowest BCUT2D eigenvalue weighted by Crippen LogP contribution is -2.00. The van der Waals surface area contributed by atoms with Gasteiger partial charge in [-0.2, -0.15) is 0 Å². The minimum Gasteiger partial charge on any atom is -0.478 e. The van der Waals surface area contributed by atoms with Crippen molar-refractivity contribution in [2.24, 2.45) is 11.8 Å². The van der Waals surface area contributed by atoms with Crippen molar-refractivity contribution in [3.63, 3.8) is 0 Å². The van der Waals surface area contributed by atoms with Crippen LogP contribution in [0.4, 0.5) is 0 Å². The molecule has 0 radical (unpaired) electrons. The average Bonchev–Trinajstić information content (AvgIpc) is 2.57. The summed E-state index contributed by atoms with van der Waals surface area (Å²) in [5, 5.41) is 17.5. The summed E-state index contributed by atoms with van der Waals surface area (Å²) in [5.41, 5.74) is 0.835. The number of carboxylic acid groups (broad SMARTS) is 2. The summed E-state index contributed by atoms with van der Waals surface area (Å²) < 4.78 is 0. The molecule has 74 valence electrons. The van der Waals surface area contributed by atoms with Gasteiger partial charge in [0.2, 0.25) is 0 Å². The van der Waals surface area contributed by atoms with Gasteiger partial charge in [0.1, 0.15) is 0 Å². The molecule has 0 heterocycles. The molecule has 0 amide bonds. The Bertz CT molecular complexity index is 328. The van der Waals surface area contributed by atoms with Crippen LogP contribution in [-0.4, -0.2) is 22.2 Å².